The van der Waals surface area contributed by atoms with Crippen LogP contribution < -0.4 is 0 Å². The zero-order valence-corrected chi connectivity index (χ0v) is 21.2. The van der Waals surface area contributed by atoms with Crippen molar-refractivity contribution in [3.8, 4) is 0 Å². The molecule has 4 fully saturated rings. The Labute approximate surface area is 216 Å². The summed E-state index contributed by atoms with van der Waals surface area (Å²) in [6.45, 7) is -0.528. The lowest BCUT2D eigenvalue weighted by atomic mass is 9.54. The van der Waals surface area contributed by atoms with Gasteiger partial charge in [0.05, 0.1) is 13.2 Å². The van der Waals surface area contributed by atoms with Crippen LogP contribution >= 0.6 is 0 Å². The smallest absolute Gasteiger partial charge is 0.461 e. The van der Waals surface area contributed by atoms with E-state index < -0.39 is 84.4 Å². The molecule has 4 rings (SSSR count). The van der Waals surface area contributed by atoms with E-state index in [1.54, 1.807) is 0 Å². The van der Waals surface area contributed by atoms with E-state index in [-0.39, 0.29) is 17.8 Å². The van der Waals surface area contributed by atoms with Crippen LogP contribution in [0.2, 0.25) is 0 Å². The van der Waals surface area contributed by atoms with Gasteiger partial charge in [-0.05, 0) is 76.0 Å². The number of ether oxygens (including phenoxy) is 4. The first-order chi connectivity index (χ1) is 17.5. The largest absolute Gasteiger partial charge is 0.512 e. The molecule has 0 radical (unpaired) electrons. The molecule has 38 heavy (non-hydrogen) atoms. The molecule has 1 N–H and O–H groups in total. The molecule has 4 aliphatic carbocycles. The molecule has 0 aromatic rings. The highest BCUT2D eigenvalue weighted by Gasteiger charge is 2.69. The maximum atomic E-state index is 14.1. The highest BCUT2D eigenvalue weighted by atomic mass is 32.2. The summed E-state index contributed by atoms with van der Waals surface area (Å²) >= 11 is -4.20. The van der Waals surface area contributed by atoms with Crippen LogP contribution in [0.25, 0.3) is 0 Å². The van der Waals surface area contributed by atoms with Crippen molar-refractivity contribution >= 4 is 23.2 Å². The predicted octanol–water partition coefficient (Wildman–Crippen LogP) is 5.57. The van der Waals surface area contributed by atoms with Gasteiger partial charge in [0.25, 0.3) is 0 Å². The van der Waals surface area contributed by atoms with Crippen molar-refractivity contribution in [3.05, 3.63) is 0 Å². The van der Waals surface area contributed by atoms with E-state index in [4.69, 9.17) is 9.29 Å². The molecule has 0 heterocycles. The van der Waals surface area contributed by atoms with E-state index in [1.807, 2.05) is 0 Å². The topological polar surface area (TPSA) is 108 Å². The van der Waals surface area contributed by atoms with E-state index in [2.05, 4.69) is 14.2 Å². The fourth-order valence-corrected chi connectivity index (χ4v) is 6.38. The Kier molecular flexibility index (Phi) is 8.98. The van der Waals surface area contributed by atoms with Crippen LogP contribution in [0.1, 0.15) is 64.7 Å². The van der Waals surface area contributed by atoms with Gasteiger partial charge in [0.15, 0.2) is 0 Å². The van der Waals surface area contributed by atoms with Crippen molar-refractivity contribution in [1.82, 2.24) is 0 Å². The first kappa shape index (κ1) is 30.9. The van der Waals surface area contributed by atoms with Crippen molar-refractivity contribution in [2.45, 2.75) is 93.5 Å². The minimum atomic E-state index is -5.69. The normalized spacial score (nSPS) is 29.4. The molecule has 4 bridgehead atoms. The molecule has 4 saturated carbocycles. The number of unbranched alkanes of at least 4 members (excludes halogenated alkanes) is 1. The molecular weight excluding hydrogens is 557 g/mol. The summed E-state index contributed by atoms with van der Waals surface area (Å²) in [5, 5.41) is -5.29. The highest BCUT2D eigenvalue weighted by molar-refractivity contribution is 7.80. The van der Waals surface area contributed by atoms with Gasteiger partial charge in [-0.1, -0.05) is 0 Å². The van der Waals surface area contributed by atoms with Crippen LogP contribution in [0.3, 0.4) is 0 Å². The molecule has 0 aliphatic heterocycles. The lowest BCUT2D eigenvalue weighted by Crippen LogP contribution is -2.59. The summed E-state index contributed by atoms with van der Waals surface area (Å²) in [6, 6.07) is 0. The second-order valence-electron chi connectivity index (χ2n) is 10.2. The molecule has 2 atom stereocenters. The number of halogens is 7. The number of alkyl halides is 7. The summed E-state index contributed by atoms with van der Waals surface area (Å²) in [5.74, 6) is -10.6. The Morgan fingerprint density at radius 1 is 0.947 bits per heavy atom. The molecular formula is C22H29F7O8S. The third-order valence-electron chi connectivity index (χ3n) is 7.26. The first-order valence-corrected chi connectivity index (χ1v) is 13.2. The van der Waals surface area contributed by atoms with Crippen molar-refractivity contribution < 1.29 is 68.0 Å². The van der Waals surface area contributed by atoms with Gasteiger partial charge in [-0.3, -0.25) is 0 Å². The third kappa shape index (κ3) is 6.21. The molecule has 2 unspecified atom stereocenters. The number of carbonyl (C=O) groups is 2. The van der Waals surface area contributed by atoms with Crippen molar-refractivity contribution in [1.29, 1.82) is 0 Å². The molecule has 220 valence electrons. The van der Waals surface area contributed by atoms with Gasteiger partial charge in [0.1, 0.15) is 5.60 Å². The Morgan fingerprint density at radius 2 is 1.47 bits per heavy atom. The van der Waals surface area contributed by atoms with E-state index in [0.29, 0.717) is 19.3 Å². The maximum Gasteiger partial charge on any atom is 0.512 e. The Hall–Kier alpha value is -1.68. The third-order valence-corrected chi connectivity index (χ3v) is 8.00. The lowest BCUT2D eigenvalue weighted by Gasteiger charge is -2.55. The zero-order chi connectivity index (χ0) is 28.6. The molecule has 4 aliphatic rings. The van der Waals surface area contributed by atoms with Crippen LogP contribution in [-0.4, -0.2) is 62.8 Å². The minimum absolute atomic E-state index is 0.261. The standard InChI is InChI=1S/C22H29F7O8S/c1-2-34-16(30)20(21(25,26)27,35-6-4-3-5-19(23,24)22(28,29)38(32)33)37-17(31)36-18-10-13-7-14(11-18)9-15(8-13)12-18/h13-15H,2-12H2,1H3,(H,32,33). The van der Waals surface area contributed by atoms with Gasteiger partial charge >= 0.3 is 35.3 Å². The fourth-order valence-electron chi connectivity index (χ4n) is 6.02. The summed E-state index contributed by atoms with van der Waals surface area (Å²) < 4.78 is 134. The van der Waals surface area contributed by atoms with Crippen molar-refractivity contribution in [2.24, 2.45) is 17.8 Å². The van der Waals surface area contributed by atoms with Crippen LogP contribution in [-0.2, 0) is 34.8 Å². The summed E-state index contributed by atoms with van der Waals surface area (Å²) in [7, 11) is 0. The van der Waals surface area contributed by atoms with Gasteiger partial charge in [0, 0.05) is 6.42 Å². The Morgan fingerprint density at radius 3 is 1.92 bits per heavy atom. The highest BCUT2D eigenvalue weighted by Crippen LogP contribution is 2.57. The Balaban J connectivity index is 1.68. The van der Waals surface area contributed by atoms with Crippen LogP contribution in [0.4, 0.5) is 35.5 Å². The minimum Gasteiger partial charge on any atom is -0.461 e. The zero-order valence-electron chi connectivity index (χ0n) is 20.4. The Bertz CT molecular complexity index is 877. The molecule has 0 spiro atoms. The van der Waals surface area contributed by atoms with Crippen molar-refractivity contribution in [3.63, 3.8) is 0 Å². The van der Waals surface area contributed by atoms with Crippen LogP contribution in [0.5, 0.6) is 0 Å². The summed E-state index contributed by atoms with van der Waals surface area (Å²) in [5.41, 5.74) is -1.03. The van der Waals surface area contributed by atoms with E-state index in [0.717, 1.165) is 19.3 Å². The van der Waals surface area contributed by atoms with E-state index in [1.165, 1.54) is 6.92 Å². The number of hydrogen-bond acceptors (Lipinski definition) is 7. The van der Waals surface area contributed by atoms with Gasteiger partial charge in [-0.15, -0.1) is 0 Å². The second kappa shape index (κ2) is 11.1. The number of hydrogen-bond donors (Lipinski definition) is 1. The maximum absolute atomic E-state index is 14.1. The second-order valence-corrected chi connectivity index (χ2v) is 11.2. The van der Waals surface area contributed by atoms with Crippen LogP contribution in [0, 0.1) is 17.8 Å². The SMILES string of the molecule is CCOC(=O)C(OCCCCC(F)(F)C(F)(F)S(=O)O)(OC(=O)OC12CC3CC(CC(C3)C1)C2)C(F)(F)F. The number of rotatable bonds is 12. The lowest BCUT2D eigenvalue weighted by molar-refractivity contribution is -0.356. The summed E-state index contributed by atoms with van der Waals surface area (Å²) in [4.78, 5) is 25.0. The quantitative estimate of drug-likeness (QED) is 0.104. The van der Waals surface area contributed by atoms with E-state index in [9.17, 15) is 44.5 Å². The van der Waals surface area contributed by atoms with Crippen LogP contribution in [0.15, 0.2) is 0 Å². The number of carbonyl (C=O) groups excluding carboxylic acids is 2. The monoisotopic (exact) mass is 586 g/mol. The average molecular weight is 587 g/mol. The molecule has 8 nitrogen and oxygen atoms in total. The van der Waals surface area contributed by atoms with Gasteiger partial charge in [-0.25, -0.2) is 13.8 Å². The molecule has 0 amide bonds. The van der Waals surface area contributed by atoms with Crippen molar-refractivity contribution in [2.75, 3.05) is 13.2 Å². The van der Waals surface area contributed by atoms with Gasteiger partial charge in [0.2, 0.25) is 11.1 Å². The first-order valence-electron chi connectivity index (χ1n) is 12.1. The average Bonchev–Trinajstić information content (AvgIpc) is 2.75. The summed E-state index contributed by atoms with van der Waals surface area (Å²) in [6.07, 6.45) is -6.65. The van der Waals surface area contributed by atoms with Gasteiger partial charge in [-0.2, -0.15) is 30.7 Å². The predicted molar refractivity (Wildman–Crippen MR) is 114 cm³/mol. The molecule has 16 heteroatoms. The van der Waals surface area contributed by atoms with Gasteiger partial charge < -0.3 is 23.5 Å². The molecule has 0 aromatic heterocycles. The fraction of sp³-hybridized carbons (Fsp3) is 0.909. The number of esters is 1. The molecule has 0 aromatic carbocycles. The molecule has 0 saturated heterocycles. The van der Waals surface area contributed by atoms with E-state index >= 15 is 0 Å².